The number of hydrogen-bond donors (Lipinski definition) is 1. The first-order chi connectivity index (χ1) is 13.8. The summed E-state index contributed by atoms with van der Waals surface area (Å²) in [5.74, 6) is -3.31. The molecule has 3 atom stereocenters. The highest BCUT2D eigenvalue weighted by Crippen LogP contribution is 2.46. The zero-order chi connectivity index (χ0) is 21.3. The Kier molecular flexibility index (Phi) is 6.13. The van der Waals surface area contributed by atoms with Gasteiger partial charge >= 0.3 is 11.9 Å². The molecular formula is C22H24ClNO5. The van der Waals surface area contributed by atoms with Gasteiger partial charge < -0.3 is 14.8 Å². The number of halogens is 1. The molecular weight excluding hydrogens is 394 g/mol. The monoisotopic (exact) mass is 417 g/mol. The van der Waals surface area contributed by atoms with E-state index in [9.17, 15) is 14.4 Å². The maximum Gasteiger partial charge on any atom is 0.336 e. The number of methoxy groups -OCH3 is 1. The fourth-order valence-electron chi connectivity index (χ4n) is 4.18. The normalized spacial score (nSPS) is 24.0. The molecule has 0 spiro atoms. The van der Waals surface area contributed by atoms with Crippen LogP contribution in [0, 0.1) is 11.8 Å². The van der Waals surface area contributed by atoms with Crippen LogP contribution in [0.5, 0.6) is 0 Å². The quantitative estimate of drug-likeness (QED) is 0.596. The van der Waals surface area contributed by atoms with Gasteiger partial charge in [-0.05, 0) is 37.8 Å². The topological polar surface area (TPSA) is 81.7 Å². The first-order valence-electron chi connectivity index (χ1n) is 9.56. The number of ketones is 1. The zero-order valence-electron chi connectivity index (χ0n) is 16.9. The van der Waals surface area contributed by atoms with Crippen LogP contribution in [0.2, 0.25) is 5.02 Å². The minimum absolute atomic E-state index is 0.201. The zero-order valence-corrected chi connectivity index (χ0v) is 17.6. The van der Waals surface area contributed by atoms with Gasteiger partial charge in [-0.1, -0.05) is 36.7 Å². The fraction of sp³-hybridized carbons (Fsp3) is 0.409. The summed E-state index contributed by atoms with van der Waals surface area (Å²) in [6.07, 6.45) is 0.481. The van der Waals surface area contributed by atoms with Gasteiger partial charge in [0.05, 0.1) is 19.3 Å². The lowest BCUT2D eigenvalue weighted by molar-refractivity contribution is -0.151. The number of rotatable bonds is 4. The van der Waals surface area contributed by atoms with E-state index in [2.05, 4.69) is 5.32 Å². The molecule has 1 aliphatic heterocycles. The third-order valence-electron chi connectivity index (χ3n) is 5.45. The molecule has 154 valence electrons. The lowest BCUT2D eigenvalue weighted by Gasteiger charge is -2.38. The van der Waals surface area contributed by atoms with Crippen LogP contribution in [-0.4, -0.2) is 31.4 Å². The van der Waals surface area contributed by atoms with E-state index < -0.39 is 23.8 Å². The van der Waals surface area contributed by atoms with Crippen LogP contribution in [-0.2, 0) is 23.9 Å². The van der Waals surface area contributed by atoms with Crippen molar-refractivity contribution >= 4 is 29.3 Å². The molecule has 0 radical (unpaired) electrons. The van der Waals surface area contributed by atoms with E-state index in [4.69, 9.17) is 21.1 Å². The third kappa shape index (κ3) is 3.69. The van der Waals surface area contributed by atoms with Gasteiger partial charge in [0.25, 0.3) is 0 Å². The molecule has 1 aromatic rings. The van der Waals surface area contributed by atoms with Crippen molar-refractivity contribution in [3.8, 4) is 0 Å². The number of allylic oxidation sites excluding steroid dienone is 3. The Morgan fingerprint density at radius 1 is 1.28 bits per heavy atom. The second kappa shape index (κ2) is 8.41. The van der Waals surface area contributed by atoms with Gasteiger partial charge in [-0.15, -0.1) is 0 Å². The summed E-state index contributed by atoms with van der Waals surface area (Å²) in [6, 6.07) is 7.08. The van der Waals surface area contributed by atoms with Crippen molar-refractivity contribution in [2.75, 3.05) is 13.7 Å². The predicted octanol–water partition coefficient (Wildman–Crippen LogP) is 3.52. The summed E-state index contributed by atoms with van der Waals surface area (Å²) in [5.41, 5.74) is 2.64. The van der Waals surface area contributed by atoms with Gasteiger partial charge in [-0.25, -0.2) is 4.79 Å². The average Bonchev–Trinajstić information content (AvgIpc) is 2.67. The number of hydrogen-bond acceptors (Lipinski definition) is 6. The summed E-state index contributed by atoms with van der Waals surface area (Å²) in [4.78, 5) is 38.7. The molecule has 1 aliphatic carbocycles. The van der Waals surface area contributed by atoms with Gasteiger partial charge in [0.15, 0.2) is 5.78 Å². The van der Waals surface area contributed by atoms with Crippen molar-refractivity contribution in [3.05, 3.63) is 57.4 Å². The number of dihydropyridines is 1. The van der Waals surface area contributed by atoms with E-state index in [1.807, 2.05) is 6.92 Å². The highest BCUT2D eigenvalue weighted by Gasteiger charge is 2.47. The van der Waals surface area contributed by atoms with Gasteiger partial charge in [0.2, 0.25) is 0 Å². The molecule has 1 N–H and O–H groups in total. The largest absolute Gasteiger partial charge is 0.468 e. The molecule has 29 heavy (non-hydrogen) atoms. The summed E-state index contributed by atoms with van der Waals surface area (Å²) < 4.78 is 10.1. The van der Waals surface area contributed by atoms with Crippen LogP contribution < -0.4 is 5.32 Å². The van der Waals surface area contributed by atoms with Crippen molar-refractivity contribution in [3.63, 3.8) is 0 Å². The average molecular weight is 418 g/mol. The van der Waals surface area contributed by atoms with Crippen molar-refractivity contribution in [1.29, 1.82) is 0 Å². The van der Waals surface area contributed by atoms with E-state index in [-0.39, 0.29) is 18.3 Å². The highest BCUT2D eigenvalue weighted by molar-refractivity contribution is 6.31. The molecule has 6 nitrogen and oxygen atoms in total. The third-order valence-corrected chi connectivity index (χ3v) is 5.80. The molecule has 0 aromatic heterocycles. The maximum atomic E-state index is 13.5. The number of benzene rings is 1. The van der Waals surface area contributed by atoms with Crippen molar-refractivity contribution in [2.45, 2.75) is 33.1 Å². The molecule has 0 saturated heterocycles. The summed E-state index contributed by atoms with van der Waals surface area (Å²) in [7, 11) is 1.27. The molecule has 3 rings (SSSR count). The van der Waals surface area contributed by atoms with E-state index in [0.717, 1.165) is 0 Å². The first kappa shape index (κ1) is 21.1. The lowest BCUT2D eigenvalue weighted by Crippen LogP contribution is -2.43. The van der Waals surface area contributed by atoms with Gasteiger partial charge in [-0.2, -0.15) is 0 Å². The minimum atomic E-state index is -0.924. The Labute approximate surface area is 174 Å². The Balaban J connectivity index is 2.21. The van der Waals surface area contributed by atoms with E-state index in [0.29, 0.717) is 39.5 Å². The number of ether oxygens (including phenoxy) is 2. The predicted molar refractivity (Wildman–Crippen MR) is 108 cm³/mol. The van der Waals surface area contributed by atoms with Crippen LogP contribution in [0.25, 0.3) is 0 Å². The van der Waals surface area contributed by atoms with E-state index in [1.54, 1.807) is 38.1 Å². The second-order valence-corrected chi connectivity index (χ2v) is 7.68. The maximum absolute atomic E-state index is 13.5. The van der Waals surface area contributed by atoms with Gasteiger partial charge in [0, 0.05) is 27.9 Å². The molecule has 0 fully saturated rings. The Hall–Kier alpha value is -2.60. The van der Waals surface area contributed by atoms with Crippen LogP contribution in [0.1, 0.15) is 38.7 Å². The van der Waals surface area contributed by atoms with Crippen molar-refractivity contribution in [1.82, 2.24) is 5.32 Å². The smallest absolute Gasteiger partial charge is 0.336 e. The molecule has 7 heteroatoms. The SMILES string of the molecule is CCOC(=O)C1=C(C)NC2=C(C(=O)[C@H](C(=O)OC)[C@@H](C)C2)[C@@H]1c1ccccc1Cl. The number of esters is 2. The van der Waals surface area contributed by atoms with Crippen LogP contribution in [0.15, 0.2) is 46.8 Å². The standard InChI is InChI=1S/C22H24ClNO5/c1-5-29-22(27)17-12(3)24-15-10-11(2)16(21(26)28-4)20(25)19(15)18(17)13-8-6-7-9-14(13)23/h6-9,11,16,18,24H,5,10H2,1-4H3/t11-,16+,18+/m0/s1. The van der Waals surface area contributed by atoms with Crippen LogP contribution >= 0.6 is 11.6 Å². The van der Waals surface area contributed by atoms with Crippen LogP contribution in [0.4, 0.5) is 0 Å². The Bertz CT molecular complexity index is 933. The molecule has 2 aliphatic rings. The minimum Gasteiger partial charge on any atom is -0.468 e. The molecule has 1 heterocycles. The molecule has 0 bridgehead atoms. The Morgan fingerprint density at radius 2 is 1.97 bits per heavy atom. The summed E-state index contributed by atoms with van der Waals surface area (Å²) in [6.45, 7) is 5.54. The molecule has 0 amide bonds. The molecule has 1 aromatic carbocycles. The number of carbonyl (C=O) groups is 3. The first-order valence-corrected chi connectivity index (χ1v) is 9.93. The number of carbonyl (C=O) groups excluding carboxylic acids is 3. The Morgan fingerprint density at radius 3 is 2.59 bits per heavy atom. The van der Waals surface area contributed by atoms with Gasteiger partial charge in [0.1, 0.15) is 5.92 Å². The van der Waals surface area contributed by atoms with Crippen LogP contribution in [0.3, 0.4) is 0 Å². The molecule has 0 unspecified atom stereocenters. The molecule has 0 saturated carbocycles. The van der Waals surface area contributed by atoms with Gasteiger partial charge in [-0.3, -0.25) is 9.59 Å². The number of nitrogens with one attached hydrogen (secondary N) is 1. The summed E-state index contributed by atoms with van der Waals surface area (Å²) >= 11 is 6.47. The highest BCUT2D eigenvalue weighted by atomic mass is 35.5. The number of Topliss-reactive ketones (excluding diaryl/α,β-unsaturated/α-hetero) is 1. The fourth-order valence-corrected chi connectivity index (χ4v) is 4.42. The van der Waals surface area contributed by atoms with Crippen molar-refractivity contribution in [2.24, 2.45) is 11.8 Å². The van der Waals surface area contributed by atoms with Crippen molar-refractivity contribution < 1.29 is 23.9 Å². The lowest BCUT2D eigenvalue weighted by atomic mass is 9.69. The summed E-state index contributed by atoms with van der Waals surface area (Å²) in [5, 5.41) is 3.64. The second-order valence-electron chi connectivity index (χ2n) is 7.28. The van der Waals surface area contributed by atoms with E-state index >= 15 is 0 Å². The van der Waals surface area contributed by atoms with E-state index in [1.165, 1.54) is 7.11 Å².